The van der Waals surface area contributed by atoms with Crippen LogP contribution in [0.4, 0.5) is 0 Å². The second-order valence-electron chi connectivity index (χ2n) is 3.66. The fraction of sp³-hybridized carbons (Fsp3) is 0.333. The lowest BCUT2D eigenvalue weighted by Gasteiger charge is -2.11. The first kappa shape index (κ1) is 14.5. The maximum atomic E-state index is 11.8. The molecule has 0 saturated carbocycles. The van der Waals surface area contributed by atoms with Crippen molar-refractivity contribution >= 4 is 23.5 Å². The van der Waals surface area contributed by atoms with E-state index in [4.69, 9.17) is 11.6 Å². The Morgan fingerprint density at radius 1 is 1.50 bits per heavy atom. The Bertz CT molecular complexity index is 461. The van der Waals surface area contributed by atoms with Crippen LogP contribution < -0.4 is 5.32 Å². The van der Waals surface area contributed by atoms with Gasteiger partial charge in [-0.2, -0.15) is 0 Å². The van der Waals surface area contributed by atoms with Gasteiger partial charge in [0.05, 0.1) is 13.7 Å². The highest BCUT2D eigenvalue weighted by Gasteiger charge is 2.17. The lowest BCUT2D eigenvalue weighted by atomic mass is 10.1. The molecule has 1 unspecified atom stereocenters. The molecule has 2 N–H and O–H groups in total. The van der Waals surface area contributed by atoms with Crippen molar-refractivity contribution in [2.24, 2.45) is 0 Å². The zero-order valence-electron chi connectivity index (χ0n) is 10.1. The summed E-state index contributed by atoms with van der Waals surface area (Å²) in [6.07, 6.45) is -1.38. The minimum Gasteiger partial charge on any atom is -0.467 e. The molecule has 5 nitrogen and oxygen atoms in total. The molecule has 1 aromatic carbocycles. The molecule has 0 radical (unpaired) electrons. The summed E-state index contributed by atoms with van der Waals surface area (Å²) in [6, 6.07) is 4.94. The van der Waals surface area contributed by atoms with Gasteiger partial charge in [0, 0.05) is 10.6 Å². The van der Waals surface area contributed by atoms with Crippen LogP contribution in [0.1, 0.15) is 15.9 Å². The largest absolute Gasteiger partial charge is 0.467 e. The fourth-order valence-electron chi connectivity index (χ4n) is 1.36. The highest BCUT2D eigenvalue weighted by molar-refractivity contribution is 6.31. The van der Waals surface area contributed by atoms with Crippen molar-refractivity contribution in [1.82, 2.24) is 5.32 Å². The average molecular weight is 272 g/mol. The SMILES string of the molecule is COC(=O)C(O)CNC(=O)c1cccc(Cl)c1C. The first-order valence-electron chi connectivity index (χ1n) is 5.26. The van der Waals surface area contributed by atoms with Gasteiger partial charge in [0.15, 0.2) is 6.10 Å². The maximum Gasteiger partial charge on any atom is 0.336 e. The number of esters is 1. The first-order chi connectivity index (χ1) is 8.47. The molecule has 0 fully saturated rings. The molecule has 0 saturated heterocycles. The second-order valence-corrected chi connectivity index (χ2v) is 4.07. The lowest BCUT2D eigenvalue weighted by Crippen LogP contribution is -2.37. The molecule has 0 aromatic heterocycles. The van der Waals surface area contributed by atoms with Crippen LogP contribution in [0.5, 0.6) is 0 Å². The number of aliphatic hydroxyl groups is 1. The van der Waals surface area contributed by atoms with Gasteiger partial charge in [-0.25, -0.2) is 4.79 Å². The first-order valence-corrected chi connectivity index (χ1v) is 5.64. The van der Waals surface area contributed by atoms with Gasteiger partial charge in [0.2, 0.25) is 0 Å². The molecule has 0 aliphatic rings. The number of ether oxygens (including phenoxy) is 1. The number of benzene rings is 1. The van der Waals surface area contributed by atoms with Gasteiger partial charge in [-0.15, -0.1) is 0 Å². The van der Waals surface area contributed by atoms with E-state index in [0.717, 1.165) is 7.11 Å². The van der Waals surface area contributed by atoms with Crippen LogP contribution in [0, 0.1) is 6.92 Å². The predicted octanol–water partition coefficient (Wildman–Crippen LogP) is 0.912. The number of hydrogen-bond acceptors (Lipinski definition) is 4. The van der Waals surface area contributed by atoms with Gasteiger partial charge in [-0.1, -0.05) is 17.7 Å². The molecule has 98 valence electrons. The van der Waals surface area contributed by atoms with Crippen LogP contribution in [-0.4, -0.2) is 36.7 Å². The van der Waals surface area contributed by atoms with E-state index in [9.17, 15) is 14.7 Å². The third-order valence-electron chi connectivity index (χ3n) is 2.44. The fourth-order valence-corrected chi connectivity index (χ4v) is 1.53. The smallest absolute Gasteiger partial charge is 0.336 e. The Labute approximate surface area is 110 Å². The minimum atomic E-state index is -1.38. The summed E-state index contributed by atoms with van der Waals surface area (Å²) in [5, 5.41) is 12.2. The van der Waals surface area contributed by atoms with Crippen molar-refractivity contribution in [3.63, 3.8) is 0 Å². The number of carbonyl (C=O) groups is 2. The summed E-state index contributed by atoms with van der Waals surface area (Å²) in [7, 11) is 1.16. The average Bonchev–Trinajstić information content (AvgIpc) is 2.37. The van der Waals surface area contributed by atoms with E-state index < -0.39 is 18.0 Å². The van der Waals surface area contributed by atoms with Gasteiger partial charge in [0.25, 0.3) is 5.91 Å². The number of aliphatic hydroxyl groups excluding tert-OH is 1. The van der Waals surface area contributed by atoms with E-state index in [1.54, 1.807) is 25.1 Å². The van der Waals surface area contributed by atoms with E-state index in [1.807, 2.05) is 0 Å². The normalized spacial score (nSPS) is 11.8. The summed E-state index contributed by atoms with van der Waals surface area (Å²) >= 11 is 5.89. The van der Waals surface area contributed by atoms with Crippen molar-refractivity contribution in [3.05, 3.63) is 34.3 Å². The quantitative estimate of drug-likeness (QED) is 0.798. The molecule has 0 aliphatic heterocycles. The van der Waals surface area contributed by atoms with Gasteiger partial charge in [-0.05, 0) is 24.6 Å². The van der Waals surface area contributed by atoms with Gasteiger partial charge >= 0.3 is 5.97 Å². The lowest BCUT2D eigenvalue weighted by molar-refractivity contribution is -0.149. The van der Waals surface area contributed by atoms with Crippen LogP contribution in [0.25, 0.3) is 0 Å². The summed E-state index contributed by atoms with van der Waals surface area (Å²) in [6.45, 7) is 1.51. The predicted molar refractivity (Wildman–Crippen MR) is 66.5 cm³/mol. The zero-order chi connectivity index (χ0) is 13.7. The van der Waals surface area contributed by atoms with Crippen LogP contribution in [0.15, 0.2) is 18.2 Å². The third kappa shape index (κ3) is 3.45. The zero-order valence-corrected chi connectivity index (χ0v) is 10.8. The van der Waals surface area contributed by atoms with E-state index >= 15 is 0 Å². The van der Waals surface area contributed by atoms with Crippen molar-refractivity contribution < 1.29 is 19.4 Å². The number of methoxy groups -OCH3 is 1. The van der Waals surface area contributed by atoms with E-state index in [0.29, 0.717) is 16.1 Å². The van der Waals surface area contributed by atoms with Crippen molar-refractivity contribution in [2.45, 2.75) is 13.0 Å². The molecule has 0 bridgehead atoms. The van der Waals surface area contributed by atoms with Crippen molar-refractivity contribution in [2.75, 3.05) is 13.7 Å². The summed E-state index contributed by atoms with van der Waals surface area (Å²) in [4.78, 5) is 22.7. The molecule has 1 atom stereocenters. The summed E-state index contributed by atoms with van der Waals surface area (Å²) in [5.74, 6) is -1.20. The second kappa shape index (κ2) is 6.37. The number of hydrogen-bond donors (Lipinski definition) is 2. The number of rotatable bonds is 4. The molecular formula is C12H14ClNO4. The van der Waals surface area contributed by atoms with Crippen molar-refractivity contribution in [3.8, 4) is 0 Å². The Balaban J connectivity index is 2.66. The molecule has 1 amide bonds. The van der Waals surface area contributed by atoms with Crippen LogP contribution >= 0.6 is 11.6 Å². The van der Waals surface area contributed by atoms with Gasteiger partial charge < -0.3 is 15.2 Å². The summed E-state index contributed by atoms with van der Waals surface area (Å²) in [5.41, 5.74) is 1.05. The Kier molecular flexibility index (Phi) is 5.12. The summed E-state index contributed by atoms with van der Waals surface area (Å²) < 4.78 is 4.33. The number of halogens is 1. The monoisotopic (exact) mass is 271 g/mol. The highest BCUT2D eigenvalue weighted by atomic mass is 35.5. The topological polar surface area (TPSA) is 75.6 Å². The van der Waals surface area contributed by atoms with E-state index in [2.05, 4.69) is 10.1 Å². The van der Waals surface area contributed by atoms with Crippen LogP contribution in [0.2, 0.25) is 5.02 Å². The third-order valence-corrected chi connectivity index (χ3v) is 2.85. The van der Waals surface area contributed by atoms with Crippen molar-refractivity contribution in [1.29, 1.82) is 0 Å². The van der Waals surface area contributed by atoms with E-state index in [1.165, 1.54) is 0 Å². The standard InChI is InChI=1S/C12H14ClNO4/c1-7-8(4-3-5-9(7)13)11(16)14-6-10(15)12(17)18-2/h3-5,10,15H,6H2,1-2H3,(H,14,16). The molecule has 6 heteroatoms. The van der Waals surface area contributed by atoms with Gasteiger partial charge in [0.1, 0.15) is 0 Å². The van der Waals surface area contributed by atoms with Gasteiger partial charge in [-0.3, -0.25) is 4.79 Å². The highest BCUT2D eigenvalue weighted by Crippen LogP contribution is 2.18. The molecule has 0 spiro atoms. The molecule has 0 heterocycles. The molecule has 0 aliphatic carbocycles. The Hall–Kier alpha value is -1.59. The number of amides is 1. The molecular weight excluding hydrogens is 258 g/mol. The number of carbonyl (C=O) groups excluding carboxylic acids is 2. The number of nitrogens with one attached hydrogen (secondary N) is 1. The molecule has 1 aromatic rings. The minimum absolute atomic E-state index is 0.211. The van der Waals surface area contributed by atoms with E-state index in [-0.39, 0.29) is 6.54 Å². The maximum absolute atomic E-state index is 11.8. The van der Waals surface area contributed by atoms with Crippen LogP contribution in [-0.2, 0) is 9.53 Å². The molecule has 18 heavy (non-hydrogen) atoms. The Morgan fingerprint density at radius 3 is 2.78 bits per heavy atom. The molecule has 1 rings (SSSR count). The Morgan fingerprint density at radius 2 is 2.17 bits per heavy atom. The van der Waals surface area contributed by atoms with Crippen LogP contribution in [0.3, 0.4) is 0 Å².